The first-order valence-electron chi connectivity index (χ1n) is 5.93. The first kappa shape index (κ1) is 13.0. The number of nitrogens with two attached hydrogens (primary N) is 1. The van der Waals surface area contributed by atoms with Crippen LogP contribution in [0, 0.1) is 18.3 Å². The molecule has 0 heterocycles. The summed E-state index contributed by atoms with van der Waals surface area (Å²) in [5, 5.41) is 8.89. The Kier molecular flexibility index (Phi) is 3.72. The van der Waals surface area contributed by atoms with Gasteiger partial charge < -0.3 is 5.73 Å². The zero-order valence-electron chi connectivity index (χ0n) is 10.7. The topological polar surface area (TPSA) is 49.8 Å². The molecule has 2 radical (unpaired) electrons. The maximum Gasteiger partial charge on any atom is 0.114 e. The van der Waals surface area contributed by atoms with Gasteiger partial charge in [0, 0.05) is 5.69 Å². The Balaban J connectivity index is 2.30. The third kappa shape index (κ3) is 3.26. The van der Waals surface area contributed by atoms with Crippen LogP contribution in [-0.2, 0) is 0 Å². The molecule has 2 rings (SSSR count). The molecular formula is C16H13BN2. The summed E-state index contributed by atoms with van der Waals surface area (Å²) in [6, 6.07) is 13.3. The standard InChI is InChI=1S/C16H13BN2/c1-11-2-3-12(9-16(11)17)4-5-13-6-14(10-18)8-15(19)7-13/h2-9H,19H2,1H3/b5-4+. The van der Waals surface area contributed by atoms with E-state index in [1.165, 1.54) is 0 Å². The molecule has 2 N–H and O–H groups in total. The second-order valence-electron chi connectivity index (χ2n) is 4.45. The second kappa shape index (κ2) is 5.45. The molecule has 19 heavy (non-hydrogen) atoms. The van der Waals surface area contributed by atoms with Gasteiger partial charge in [-0.2, -0.15) is 5.26 Å². The summed E-state index contributed by atoms with van der Waals surface area (Å²) in [5.41, 5.74) is 10.6. The highest BCUT2D eigenvalue weighted by atomic mass is 14.5. The monoisotopic (exact) mass is 244 g/mol. The molecule has 0 spiro atoms. The minimum atomic E-state index is 0.558. The van der Waals surface area contributed by atoms with Crippen molar-refractivity contribution in [1.82, 2.24) is 0 Å². The van der Waals surface area contributed by atoms with E-state index in [0.29, 0.717) is 11.3 Å². The van der Waals surface area contributed by atoms with E-state index < -0.39 is 0 Å². The minimum Gasteiger partial charge on any atom is -0.399 e. The average molecular weight is 244 g/mol. The van der Waals surface area contributed by atoms with Crippen LogP contribution >= 0.6 is 0 Å². The summed E-state index contributed by atoms with van der Waals surface area (Å²) in [5.74, 6) is 0. The van der Waals surface area contributed by atoms with Crippen LogP contribution in [0.25, 0.3) is 12.2 Å². The molecule has 3 heteroatoms. The number of anilines is 1. The number of benzene rings is 2. The molecule has 0 bridgehead atoms. The Morgan fingerprint density at radius 2 is 1.84 bits per heavy atom. The summed E-state index contributed by atoms with van der Waals surface area (Å²) in [7, 11) is 5.86. The van der Waals surface area contributed by atoms with Crippen LogP contribution in [-0.4, -0.2) is 7.85 Å². The zero-order valence-corrected chi connectivity index (χ0v) is 10.7. The highest BCUT2D eigenvalue weighted by Crippen LogP contribution is 2.14. The van der Waals surface area contributed by atoms with E-state index in [-0.39, 0.29) is 0 Å². The van der Waals surface area contributed by atoms with Gasteiger partial charge in [-0.15, -0.1) is 0 Å². The predicted octanol–water partition coefficient (Wildman–Crippen LogP) is 2.41. The molecule has 0 aromatic heterocycles. The quantitative estimate of drug-likeness (QED) is 0.501. The van der Waals surface area contributed by atoms with Crippen LogP contribution in [0.3, 0.4) is 0 Å². The minimum absolute atomic E-state index is 0.558. The fraction of sp³-hybridized carbons (Fsp3) is 0.0625. The Morgan fingerprint density at radius 1 is 1.11 bits per heavy atom. The molecule has 0 atom stereocenters. The van der Waals surface area contributed by atoms with E-state index in [1.54, 1.807) is 12.1 Å². The van der Waals surface area contributed by atoms with Gasteiger partial charge in [-0.25, -0.2) is 0 Å². The second-order valence-corrected chi connectivity index (χ2v) is 4.45. The van der Waals surface area contributed by atoms with E-state index in [2.05, 4.69) is 6.07 Å². The lowest BCUT2D eigenvalue weighted by atomic mass is 9.89. The number of hydrogen-bond donors (Lipinski definition) is 1. The summed E-state index contributed by atoms with van der Waals surface area (Å²) in [6.45, 7) is 1.97. The van der Waals surface area contributed by atoms with Crippen LogP contribution in [0.5, 0.6) is 0 Å². The van der Waals surface area contributed by atoms with E-state index in [4.69, 9.17) is 18.8 Å². The van der Waals surface area contributed by atoms with Crippen molar-refractivity contribution < 1.29 is 0 Å². The first-order valence-corrected chi connectivity index (χ1v) is 5.93. The van der Waals surface area contributed by atoms with Gasteiger partial charge in [-0.3, -0.25) is 0 Å². The molecule has 0 aliphatic heterocycles. The summed E-state index contributed by atoms with van der Waals surface area (Å²) in [4.78, 5) is 0. The summed E-state index contributed by atoms with van der Waals surface area (Å²) < 4.78 is 0. The van der Waals surface area contributed by atoms with Gasteiger partial charge >= 0.3 is 0 Å². The molecule has 0 amide bonds. The number of nitrogen functional groups attached to an aromatic ring is 1. The van der Waals surface area contributed by atoms with Gasteiger partial charge in [0.25, 0.3) is 0 Å². The molecule has 0 fully saturated rings. The van der Waals surface area contributed by atoms with E-state index in [1.807, 2.05) is 43.3 Å². The Hall–Kier alpha value is -2.47. The molecule has 0 saturated heterocycles. The van der Waals surface area contributed by atoms with Crippen molar-refractivity contribution in [2.24, 2.45) is 0 Å². The first-order chi connectivity index (χ1) is 9.08. The zero-order chi connectivity index (χ0) is 13.8. The molecule has 2 nitrogen and oxygen atoms in total. The number of aryl methyl sites for hydroxylation is 1. The average Bonchev–Trinajstić information content (AvgIpc) is 2.39. The third-order valence-corrected chi connectivity index (χ3v) is 2.88. The lowest BCUT2D eigenvalue weighted by molar-refractivity contribution is 1.48. The molecular weight excluding hydrogens is 231 g/mol. The van der Waals surface area contributed by atoms with Crippen molar-refractivity contribution in [1.29, 1.82) is 5.26 Å². The maximum absolute atomic E-state index is 8.89. The SMILES string of the molecule is [B]c1cc(/C=C/c2cc(N)cc(C#N)c2)ccc1C. The van der Waals surface area contributed by atoms with Crippen LogP contribution < -0.4 is 11.2 Å². The largest absolute Gasteiger partial charge is 0.399 e. The van der Waals surface area contributed by atoms with Gasteiger partial charge in [0.05, 0.1) is 11.6 Å². The predicted molar refractivity (Wildman–Crippen MR) is 81.1 cm³/mol. The Bertz CT molecular complexity index is 682. The number of nitriles is 1. The Morgan fingerprint density at radius 3 is 2.53 bits per heavy atom. The molecule has 0 saturated carbocycles. The van der Waals surface area contributed by atoms with Gasteiger partial charge in [0.15, 0.2) is 0 Å². The van der Waals surface area contributed by atoms with E-state index in [9.17, 15) is 0 Å². The number of rotatable bonds is 2. The van der Waals surface area contributed by atoms with Crippen LogP contribution in [0.2, 0.25) is 0 Å². The van der Waals surface area contributed by atoms with Crippen molar-refractivity contribution in [3.05, 3.63) is 58.7 Å². The van der Waals surface area contributed by atoms with Crippen molar-refractivity contribution in [3.63, 3.8) is 0 Å². The van der Waals surface area contributed by atoms with E-state index in [0.717, 1.165) is 22.2 Å². The lowest BCUT2D eigenvalue weighted by Crippen LogP contribution is -2.06. The molecule has 0 aliphatic rings. The summed E-state index contributed by atoms with van der Waals surface area (Å²) in [6.07, 6.45) is 3.87. The summed E-state index contributed by atoms with van der Waals surface area (Å²) >= 11 is 0. The molecule has 0 unspecified atom stereocenters. The maximum atomic E-state index is 8.89. The van der Waals surface area contributed by atoms with Crippen molar-refractivity contribution >= 4 is 31.1 Å². The van der Waals surface area contributed by atoms with Crippen molar-refractivity contribution in [2.75, 3.05) is 5.73 Å². The van der Waals surface area contributed by atoms with Crippen LogP contribution in [0.15, 0.2) is 36.4 Å². The van der Waals surface area contributed by atoms with Crippen LogP contribution in [0.1, 0.15) is 22.3 Å². The lowest BCUT2D eigenvalue weighted by Gasteiger charge is -2.02. The van der Waals surface area contributed by atoms with Gasteiger partial charge in [0.1, 0.15) is 7.85 Å². The van der Waals surface area contributed by atoms with Gasteiger partial charge in [0.2, 0.25) is 0 Å². The number of hydrogen-bond acceptors (Lipinski definition) is 2. The Labute approximate surface area is 114 Å². The molecule has 0 aliphatic carbocycles. The van der Waals surface area contributed by atoms with Gasteiger partial charge in [-0.05, 0) is 36.2 Å². The van der Waals surface area contributed by atoms with Crippen molar-refractivity contribution in [3.8, 4) is 6.07 Å². The smallest absolute Gasteiger partial charge is 0.114 e. The normalized spacial score (nSPS) is 10.5. The highest BCUT2D eigenvalue weighted by molar-refractivity contribution is 6.33. The molecule has 2 aromatic carbocycles. The number of nitrogens with zero attached hydrogens (tertiary/aromatic N) is 1. The van der Waals surface area contributed by atoms with Crippen molar-refractivity contribution in [2.45, 2.75) is 6.92 Å². The fourth-order valence-electron chi connectivity index (χ4n) is 1.79. The highest BCUT2D eigenvalue weighted by Gasteiger charge is 1.96. The van der Waals surface area contributed by atoms with E-state index >= 15 is 0 Å². The molecule has 90 valence electrons. The van der Waals surface area contributed by atoms with Gasteiger partial charge in [-0.1, -0.05) is 41.4 Å². The molecule has 2 aromatic rings. The fourth-order valence-corrected chi connectivity index (χ4v) is 1.79. The van der Waals surface area contributed by atoms with Crippen LogP contribution in [0.4, 0.5) is 5.69 Å². The third-order valence-electron chi connectivity index (χ3n) is 2.88.